The summed E-state index contributed by atoms with van der Waals surface area (Å²) in [6.07, 6.45) is 1.94. The van der Waals surface area contributed by atoms with Crippen LogP contribution in [0.4, 0.5) is 0 Å². The number of nitrogens with zero attached hydrogens (tertiary/aromatic N) is 3. The molecule has 2 aromatic rings. The topological polar surface area (TPSA) is 56.7 Å². The number of fused-ring (bicyclic) bond motifs is 1. The minimum absolute atomic E-state index is 0.454. The van der Waals surface area contributed by atoms with Gasteiger partial charge < -0.3 is 5.73 Å². The van der Waals surface area contributed by atoms with Crippen molar-refractivity contribution in [3.63, 3.8) is 0 Å². The number of rotatable bonds is 3. The first kappa shape index (κ1) is 10.8. The summed E-state index contributed by atoms with van der Waals surface area (Å²) in [4.78, 5) is 1.40. The first-order chi connectivity index (χ1) is 8.36. The molecule has 1 aromatic heterocycles. The fourth-order valence-electron chi connectivity index (χ4n) is 2.13. The van der Waals surface area contributed by atoms with E-state index in [1.165, 1.54) is 10.5 Å². The zero-order chi connectivity index (χ0) is 11.7. The third-order valence-corrected chi connectivity index (χ3v) is 4.25. The molecule has 1 atom stereocenters. The first-order valence-corrected chi connectivity index (χ1v) is 6.66. The summed E-state index contributed by atoms with van der Waals surface area (Å²) < 4.78 is 1.90. The third kappa shape index (κ3) is 2.08. The van der Waals surface area contributed by atoms with E-state index in [1.807, 2.05) is 22.6 Å². The summed E-state index contributed by atoms with van der Waals surface area (Å²) in [6, 6.07) is 8.59. The van der Waals surface area contributed by atoms with Crippen molar-refractivity contribution < 1.29 is 0 Å². The molecule has 4 nitrogen and oxygen atoms in total. The molecule has 2 heterocycles. The molecule has 0 radical (unpaired) electrons. The summed E-state index contributed by atoms with van der Waals surface area (Å²) in [5.74, 6) is 1.65. The fraction of sp³-hybridized carbons (Fsp3) is 0.333. The Bertz CT molecular complexity index is 523. The zero-order valence-electron chi connectivity index (χ0n) is 9.41. The molecule has 17 heavy (non-hydrogen) atoms. The summed E-state index contributed by atoms with van der Waals surface area (Å²) in [6.45, 7) is 1.34. The molecule has 0 aliphatic carbocycles. The van der Waals surface area contributed by atoms with Crippen LogP contribution in [-0.2, 0) is 13.1 Å². The summed E-state index contributed by atoms with van der Waals surface area (Å²) >= 11 is 1.92. The van der Waals surface area contributed by atoms with Crippen molar-refractivity contribution in [1.29, 1.82) is 0 Å². The van der Waals surface area contributed by atoms with Crippen LogP contribution >= 0.6 is 11.8 Å². The summed E-state index contributed by atoms with van der Waals surface area (Å²) in [7, 11) is 0. The van der Waals surface area contributed by atoms with Gasteiger partial charge in [-0.3, -0.25) is 4.68 Å². The lowest BCUT2D eigenvalue weighted by Crippen LogP contribution is -2.09. The maximum Gasteiger partial charge on any atom is 0.0962 e. The lowest BCUT2D eigenvalue weighted by Gasteiger charge is -2.09. The lowest BCUT2D eigenvalue weighted by molar-refractivity contribution is 0.532. The van der Waals surface area contributed by atoms with Crippen LogP contribution in [0.25, 0.3) is 0 Å². The van der Waals surface area contributed by atoms with Gasteiger partial charge in [-0.15, -0.1) is 16.9 Å². The van der Waals surface area contributed by atoms with Crippen LogP contribution in [-0.4, -0.2) is 20.7 Å². The molecule has 1 aliphatic heterocycles. The number of hydrogen-bond donors (Lipinski definition) is 1. The molecular weight excluding hydrogens is 232 g/mol. The Balaban J connectivity index is 1.79. The van der Waals surface area contributed by atoms with E-state index in [9.17, 15) is 0 Å². The molecule has 0 spiro atoms. The van der Waals surface area contributed by atoms with E-state index in [0.29, 0.717) is 12.5 Å². The average molecular weight is 246 g/mol. The average Bonchev–Trinajstić information content (AvgIpc) is 2.97. The van der Waals surface area contributed by atoms with E-state index in [-0.39, 0.29) is 0 Å². The number of nitrogens with two attached hydrogens (primary N) is 1. The van der Waals surface area contributed by atoms with Crippen molar-refractivity contribution >= 4 is 11.8 Å². The molecule has 88 valence electrons. The summed E-state index contributed by atoms with van der Waals surface area (Å²) in [5, 5.41) is 8.11. The van der Waals surface area contributed by atoms with Gasteiger partial charge in [0.15, 0.2) is 0 Å². The molecule has 1 unspecified atom stereocenters. The molecule has 3 rings (SSSR count). The van der Waals surface area contributed by atoms with Crippen molar-refractivity contribution in [2.24, 2.45) is 5.73 Å². The highest BCUT2D eigenvalue weighted by Crippen LogP contribution is 2.39. The Morgan fingerprint density at radius 1 is 1.41 bits per heavy atom. The largest absolute Gasteiger partial charge is 0.325 e. The van der Waals surface area contributed by atoms with Gasteiger partial charge >= 0.3 is 0 Å². The predicted octanol–water partition coefficient (Wildman–Crippen LogP) is 1.63. The SMILES string of the molecule is NCc1cn(CC2CSc3ccccc32)nn1. The van der Waals surface area contributed by atoms with Gasteiger partial charge in [0.1, 0.15) is 0 Å². The molecule has 1 aromatic carbocycles. The van der Waals surface area contributed by atoms with Crippen molar-refractivity contribution in [2.45, 2.75) is 23.9 Å². The molecule has 0 amide bonds. The Labute approximate surface area is 104 Å². The standard InChI is InChI=1S/C12H14N4S/c13-5-10-7-16(15-14-10)6-9-8-17-12-4-2-1-3-11(9)12/h1-4,7,9H,5-6,8,13H2. The third-order valence-electron chi connectivity index (χ3n) is 3.00. The van der Waals surface area contributed by atoms with Gasteiger partial charge in [0.25, 0.3) is 0 Å². The van der Waals surface area contributed by atoms with E-state index in [1.54, 1.807) is 0 Å². The highest BCUT2D eigenvalue weighted by molar-refractivity contribution is 7.99. The number of thioether (sulfide) groups is 1. The molecular formula is C12H14N4S. The highest BCUT2D eigenvalue weighted by Gasteiger charge is 2.23. The van der Waals surface area contributed by atoms with Crippen LogP contribution < -0.4 is 5.73 Å². The van der Waals surface area contributed by atoms with Crippen molar-refractivity contribution in [1.82, 2.24) is 15.0 Å². The normalized spacial score (nSPS) is 18.3. The Hall–Kier alpha value is -1.33. The van der Waals surface area contributed by atoms with E-state index < -0.39 is 0 Å². The number of aromatic nitrogens is 3. The molecule has 0 bridgehead atoms. The maximum atomic E-state index is 5.53. The smallest absolute Gasteiger partial charge is 0.0962 e. The summed E-state index contributed by atoms with van der Waals surface area (Å²) in [5.41, 5.74) is 7.81. The van der Waals surface area contributed by atoms with Gasteiger partial charge in [0, 0.05) is 29.3 Å². The monoisotopic (exact) mass is 246 g/mol. The number of hydrogen-bond acceptors (Lipinski definition) is 4. The predicted molar refractivity (Wildman–Crippen MR) is 67.8 cm³/mol. The van der Waals surface area contributed by atoms with E-state index >= 15 is 0 Å². The van der Waals surface area contributed by atoms with Gasteiger partial charge in [-0.25, -0.2) is 0 Å². The second-order valence-electron chi connectivity index (χ2n) is 4.18. The molecule has 0 fully saturated rings. The molecule has 0 saturated heterocycles. The van der Waals surface area contributed by atoms with E-state index in [4.69, 9.17) is 5.73 Å². The molecule has 0 saturated carbocycles. The molecule has 5 heteroatoms. The quantitative estimate of drug-likeness (QED) is 0.894. The van der Waals surface area contributed by atoms with Gasteiger partial charge in [0.05, 0.1) is 12.2 Å². The van der Waals surface area contributed by atoms with Crippen molar-refractivity contribution in [2.75, 3.05) is 5.75 Å². The van der Waals surface area contributed by atoms with Crippen molar-refractivity contribution in [3.05, 3.63) is 41.7 Å². The van der Waals surface area contributed by atoms with Gasteiger partial charge in [-0.05, 0) is 11.6 Å². The fourth-order valence-corrected chi connectivity index (χ4v) is 3.37. The van der Waals surface area contributed by atoms with Crippen molar-refractivity contribution in [3.8, 4) is 0 Å². The minimum atomic E-state index is 0.454. The first-order valence-electron chi connectivity index (χ1n) is 5.67. The van der Waals surface area contributed by atoms with E-state index in [0.717, 1.165) is 18.0 Å². The van der Waals surface area contributed by atoms with E-state index in [2.05, 4.69) is 34.6 Å². The second-order valence-corrected chi connectivity index (χ2v) is 5.24. The zero-order valence-corrected chi connectivity index (χ0v) is 10.2. The van der Waals surface area contributed by atoms with Crippen LogP contribution in [0.2, 0.25) is 0 Å². The maximum absolute atomic E-state index is 5.53. The van der Waals surface area contributed by atoms with Gasteiger partial charge in [-0.2, -0.15) is 0 Å². The van der Waals surface area contributed by atoms with Gasteiger partial charge in [-0.1, -0.05) is 23.4 Å². The van der Waals surface area contributed by atoms with Crippen LogP contribution in [0.15, 0.2) is 35.4 Å². The highest BCUT2D eigenvalue weighted by atomic mass is 32.2. The second kappa shape index (κ2) is 4.50. The number of benzene rings is 1. The lowest BCUT2D eigenvalue weighted by atomic mass is 10.0. The Kier molecular flexibility index (Phi) is 2.86. The molecule has 1 aliphatic rings. The van der Waals surface area contributed by atoms with Crippen LogP contribution in [0.1, 0.15) is 17.2 Å². The van der Waals surface area contributed by atoms with Crippen LogP contribution in [0.3, 0.4) is 0 Å². The van der Waals surface area contributed by atoms with Crippen LogP contribution in [0.5, 0.6) is 0 Å². The van der Waals surface area contributed by atoms with Gasteiger partial charge in [0.2, 0.25) is 0 Å². The molecule has 2 N–H and O–H groups in total. The van der Waals surface area contributed by atoms with Crippen LogP contribution in [0, 0.1) is 0 Å². The Morgan fingerprint density at radius 3 is 3.12 bits per heavy atom. The minimum Gasteiger partial charge on any atom is -0.325 e. The Morgan fingerprint density at radius 2 is 2.29 bits per heavy atom.